The molecule has 0 aliphatic heterocycles. The summed E-state index contributed by atoms with van der Waals surface area (Å²) in [5.74, 6) is 0. The standard InChI is InChI=1S/C11H17O2P/c1-2-9-4-3-5-10(6-9)7-11(8-12)13-14/h3-6,11-12H,2,7-8,14H2,1H3/t11-/m1/s1. The molecule has 1 aromatic carbocycles. The molecule has 0 bridgehead atoms. The van der Waals surface area contributed by atoms with Crippen molar-refractivity contribution in [2.75, 3.05) is 6.61 Å². The van der Waals surface area contributed by atoms with Gasteiger partial charge in [0, 0.05) is 15.9 Å². The van der Waals surface area contributed by atoms with Crippen LogP contribution in [0, 0.1) is 0 Å². The molecule has 0 aromatic heterocycles. The molecule has 0 heterocycles. The van der Waals surface area contributed by atoms with Crippen molar-refractivity contribution in [2.45, 2.75) is 25.9 Å². The Bertz CT molecular complexity index is 272. The van der Waals surface area contributed by atoms with E-state index < -0.39 is 0 Å². The first kappa shape index (κ1) is 11.6. The molecule has 2 atom stereocenters. The zero-order chi connectivity index (χ0) is 10.4. The lowest BCUT2D eigenvalue weighted by atomic mass is 10.0. The fraction of sp³-hybridized carbons (Fsp3) is 0.455. The van der Waals surface area contributed by atoms with Crippen LogP contribution in [0.4, 0.5) is 0 Å². The number of aliphatic hydroxyl groups excluding tert-OH is 1. The van der Waals surface area contributed by atoms with Crippen LogP contribution in [-0.2, 0) is 17.4 Å². The second-order valence-corrected chi connectivity index (χ2v) is 3.59. The third kappa shape index (κ3) is 3.38. The maximum atomic E-state index is 8.98. The van der Waals surface area contributed by atoms with Gasteiger partial charge in [-0.3, -0.25) is 0 Å². The molecule has 14 heavy (non-hydrogen) atoms. The van der Waals surface area contributed by atoms with E-state index in [4.69, 9.17) is 9.63 Å². The van der Waals surface area contributed by atoms with Gasteiger partial charge in [-0.2, -0.15) is 0 Å². The van der Waals surface area contributed by atoms with E-state index in [1.54, 1.807) is 0 Å². The molecule has 0 aliphatic rings. The summed E-state index contributed by atoms with van der Waals surface area (Å²) in [5.41, 5.74) is 2.54. The van der Waals surface area contributed by atoms with Crippen molar-refractivity contribution in [3.8, 4) is 0 Å². The van der Waals surface area contributed by atoms with Gasteiger partial charge in [-0.15, -0.1) is 0 Å². The second kappa shape index (κ2) is 6.13. The summed E-state index contributed by atoms with van der Waals surface area (Å²) in [6.45, 7) is 2.19. The lowest BCUT2D eigenvalue weighted by molar-refractivity contribution is 0.135. The smallest absolute Gasteiger partial charge is 0.0881 e. The van der Waals surface area contributed by atoms with Crippen LogP contribution >= 0.6 is 9.47 Å². The molecule has 1 N–H and O–H groups in total. The maximum Gasteiger partial charge on any atom is 0.0881 e. The van der Waals surface area contributed by atoms with Crippen LogP contribution in [0.2, 0.25) is 0 Å². The van der Waals surface area contributed by atoms with Crippen LogP contribution < -0.4 is 0 Å². The Labute approximate surface area is 87.6 Å². The van der Waals surface area contributed by atoms with Gasteiger partial charge in [-0.25, -0.2) is 0 Å². The summed E-state index contributed by atoms with van der Waals surface area (Å²) in [6, 6.07) is 8.38. The van der Waals surface area contributed by atoms with E-state index in [1.807, 2.05) is 6.07 Å². The van der Waals surface area contributed by atoms with Crippen molar-refractivity contribution in [3.63, 3.8) is 0 Å². The number of benzene rings is 1. The minimum atomic E-state index is -0.118. The molecule has 1 aromatic rings. The fourth-order valence-corrected chi connectivity index (χ4v) is 1.58. The van der Waals surface area contributed by atoms with Gasteiger partial charge in [-0.1, -0.05) is 31.2 Å². The van der Waals surface area contributed by atoms with Crippen LogP contribution in [-0.4, -0.2) is 17.8 Å². The monoisotopic (exact) mass is 212 g/mol. The summed E-state index contributed by atoms with van der Waals surface area (Å²) in [6.07, 6.45) is 1.68. The molecule has 2 nitrogen and oxygen atoms in total. The molecule has 1 rings (SSSR count). The summed E-state index contributed by atoms with van der Waals surface area (Å²) >= 11 is 0. The predicted octanol–water partition coefficient (Wildman–Crippen LogP) is 1.96. The lowest BCUT2D eigenvalue weighted by Crippen LogP contribution is -2.16. The molecule has 0 radical (unpaired) electrons. The largest absolute Gasteiger partial charge is 0.394 e. The summed E-state index contributed by atoms with van der Waals surface area (Å²) in [7, 11) is 2.20. The number of aryl methyl sites for hydroxylation is 1. The van der Waals surface area contributed by atoms with Gasteiger partial charge in [0.1, 0.15) is 0 Å². The van der Waals surface area contributed by atoms with E-state index in [2.05, 4.69) is 34.6 Å². The Morgan fingerprint density at radius 3 is 2.71 bits per heavy atom. The third-order valence-electron chi connectivity index (χ3n) is 2.26. The molecule has 0 saturated heterocycles. The molecular formula is C11H17O2P. The number of rotatable bonds is 5. The van der Waals surface area contributed by atoms with Gasteiger partial charge in [0.15, 0.2) is 0 Å². The summed E-state index contributed by atoms with van der Waals surface area (Å²) in [4.78, 5) is 0. The molecule has 0 spiro atoms. The van der Waals surface area contributed by atoms with Gasteiger partial charge in [0.05, 0.1) is 12.7 Å². The number of hydrogen-bond donors (Lipinski definition) is 1. The van der Waals surface area contributed by atoms with Crippen molar-refractivity contribution >= 4 is 9.47 Å². The molecule has 0 fully saturated rings. The van der Waals surface area contributed by atoms with E-state index in [0.717, 1.165) is 12.8 Å². The minimum absolute atomic E-state index is 0.0554. The molecule has 0 amide bonds. The Morgan fingerprint density at radius 2 is 2.14 bits per heavy atom. The van der Waals surface area contributed by atoms with Crippen LogP contribution in [0.3, 0.4) is 0 Å². The molecule has 0 aliphatic carbocycles. The Hall–Kier alpha value is -0.430. The molecular weight excluding hydrogens is 195 g/mol. The third-order valence-corrected chi connectivity index (χ3v) is 2.64. The van der Waals surface area contributed by atoms with Crippen LogP contribution in [0.1, 0.15) is 18.1 Å². The number of aliphatic hydroxyl groups is 1. The topological polar surface area (TPSA) is 29.5 Å². The van der Waals surface area contributed by atoms with Gasteiger partial charge < -0.3 is 9.63 Å². The van der Waals surface area contributed by atoms with E-state index in [-0.39, 0.29) is 12.7 Å². The highest BCUT2D eigenvalue weighted by molar-refractivity contribution is 7.09. The highest BCUT2D eigenvalue weighted by Gasteiger charge is 2.06. The average molecular weight is 212 g/mol. The Morgan fingerprint density at radius 1 is 1.43 bits per heavy atom. The number of hydrogen-bond acceptors (Lipinski definition) is 2. The van der Waals surface area contributed by atoms with Crippen molar-refractivity contribution < 1.29 is 9.63 Å². The zero-order valence-electron chi connectivity index (χ0n) is 8.44. The van der Waals surface area contributed by atoms with E-state index in [9.17, 15) is 0 Å². The van der Waals surface area contributed by atoms with Crippen LogP contribution in [0.5, 0.6) is 0 Å². The first-order valence-corrected chi connectivity index (χ1v) is 5.31. The van der Waals surface area contributed by atoms with Crippen molar-refractivity contribution in [2.24, 2.45) is 0 Å². The maximum absolute atomic E-state index is 8.98. The first-order chi connectivity index (χ1) is 6.80. The lowest BCUT2D eigenvalue weighted by Gasteiger charge is -2.12. The highest BCUT2D eigenvalue weighted by atomic mass is 31.0. The molecule has 3 heteroatoms. The summed E-state index contributed by atoms with van der Waals surface area (Å²) < 4.78 is 5.04. The van der Waals surface area contributed by atoms with E-state index in [1.165, 1.54) is 11.1 Å². The van der Waals surface area contributed by atoms with Gasteiger partial charge in [0.25, 0.3) is 0 Å². The minimum Gasteiger partial charge on any atom is -0.394 e. The first-order valence-electron chi connectivity index (χ1n) is 4.84. The van der Waals surface area contributed by atoms with Crippen LogP contribution in [0.15, 0.2) is 24.3 Å². The zero-order valence-corrected chi connectivity index (χ0v) is 9.60. The van der Waals surface area contributed by atoms with Crippen molar-refractivity contribution in [1.29, 1.82) is 0 Å². The average Bonchev–Trinajstić information content (AvgIpc) is 2.26. The molecule has 0 saturated carbocycles. The quantitative estimate of drug-likeness (QED) is 0.756. The van der Waals surface area contributed by atoms with E-state index >= 15 is 0 Å². The van der Waals surface area contributed by atoms with Gasteiger partial charge in [0.2, 0.25) is 0 Å². The molecule has 78 valence electrons. The van der Waals surface area contributed by atoms with Gasteiger partial charge >= 0.3 is 0 Å². The molecule has 1 unspecified atom stereocenters. The Kier molecular flexibility index (Phi) is 5.10. The van der Waals surface area contributed by atoms with Gasteiger partial charge in [-0.05, 0) is 17.5 Å². The fourth-order valence-electron chi connectivity index (χ4n) is 1.40. The SMILES string of the molecule is CCc1cccc(C[C@H](CO)OP)c1. The van der Waals surface area contributed by atoms with Crippen molar-refractivity contribution in [3.05, 3.63) is 35.4 Å². The highest BCUT2D eigenvalue weighted by Crippen LogP contribution is 2.11. The van der Waals surface area contributed by atoms with E-state index in [0.29, 0.717) is 0 Å². The van der Waals surface area contributed by atoms with Crippen molar-refractivity contribution in [1.82, 2.24) is 0 Å². The summed E-state index contributed by atoms with van der Waals surface area (Å²) in [5, 5.41) is 8.98. The Balaban J connectivity index is 2.65. The second-order valence-electron chi connectivity index (χ2n) is 3.32. The predicted molar refractivity (Wildman–Crippen MR) is 61.2 cm³/mol. The normalized spacial score (nSPS) is 12.8. The van der Waals surface area contributed by atoms with Crippen LogP contribution in [0.25, 0.3) is 0 Å².